The normalized spacial score (nSPS) is 23.4. The molecule has 12 heteroatoms. The minimum atomic E-state index is -0.231. The average Bonchev–Trinajstić information content (AvgIpc) is 3.92. The van der Waals surface area contributed by atoms with Crippen LogP contribution in [0.25, 0.3) is 33.2 Å². The molecule has 2 unspecified atom stereocenters. The van der Waals surface area contributed by atoms with E-state index in [9.17, 15) is 9.59 Å². The number of piperidine rings is 1. The second-order valence-electron chi connectivity index (χ2n) is 17.2. The van der Waals surface area contributed by atoms with Crippen LogP contribution < -0.4 is 21.1 Å². The third-order valence-corrected chi connectivity index (χ3v) is 13.3. The number of nitrogens with zero attached hydrogens (tertiary/aromatic N) is 6. The Morgan fingerprint density at radius 1 is 1.04 bits per heavy atom. The van der Waals surface area contributed by atoms with Gasteiger partial charge in [-0.05, 0) is 98.8 Å². The third kappa shape index (κ3) is 7.24. The summed E-state index contributed by atoms with van der Waals surface area (Å²) in [5.41, 5.74) is 11.2. The number of aryl methyl sites for hydroxylation is 1. The number of nitrogens with one attached hydrogen (secondary N) is 2. The molecule has 0 spiro atoms. The first kappa shape index (κ1) is 37.9. The van der Waals surface area contributed by atoms with Gasteiger partial charge in [0.2, 0.25) is 5.91 Å². The van der Waals surface area contributed by atoms with Crippen LogP contribution in [0.3, 0.4) is 0 Å². The molecule has 1 aliphatic heterocycles. The Balaban J connectivity index is 0.889. The fourth-order valence-electron chi connectivity index (χ4n) is 10.6. The van der Waals surface area contributed by atoms with Crippen molar-refractivity contribution in [2.45, 2.75) is 78.2 Å². The van der Waals surface area contributed by atoms with Gasteiger partial charge in [0.05, 0.1) is 24.2 Å². The van der Waals surface area contributed by atoms with Gasteiger partial charge in [0.25, 0.3) is 5.91 Å². The summed E-state index contributed by atoms with van der Waals surface area (Å²) in [6.45, 7) is 10.2. The average molecular weight is 760 g/mol. The van der Waals surface area contributed by atoms with Crippen molar-refractivity contribution in [1.29, 1.82) is 0 Å². The number of rotatable bonds is 12. The van der Waals surface area contributed by atoms with Crippen LogP contribution in [0.1, 0.15) is 88.7 Å². The Hall–Kier alpha value is -4.97. The lowest BCUT2D eigenvalue weighted by Crippen LogP contribution is -2.41. The van der Waals surface area contributed by atoms with Gasteiger partial charge in [-0.2, -0.15) is 5.10 Å². The molecule has 3 atom stereocenters. The Bertz CT molecular complexity index is 2220. The van der Waals surface area contributed by atoms with E-state index < -0.39 is 0 Å². The lowest BCUT2D eigenvalue weighted by atomic mass is 9.74. The number of likely N-dealkylation sites (tertiary alicyclic amines) is 1. The van der Waals surface area contributed by atoms with Gasteiger partial charge in [-0.15, -0.1) is 0 Å². The van der Waals surface area contributed by atoms with Gasteiger partial charge < -0.3 is 30.6 Å². The summed E-state index contributed by atoms with van der Waals surface area (Å²) in [5, 5.41) is 13.1. The number of carbonyl (C=O) groups is 2. The summed E-state index contributed by atoms with van der Waals surface area (Å²) in [7, 11) is 3.47. The molecule has 56 heavy (non-hydrogen) atoms. The number of para-hydroxylation sites is 1. The topological polar surface area (TPSA) is 145 Å². The largest absolute Gasteiger partial charge is 0.495 e. The molecule has 2 aromatic carbocycles. The summed E-state index contributed by atoms with van der Waals surface area (Å²) in [4.78, 5) is 37.9. The first-order valence-electron chi connectivity index (χ1n) is 20.6. The van der Waals surface area contributed by atoms with Crippen LogP contribution in [-0.2, 0) is 11.8 Å². The summed E-state index contributed by atoms with van der Waals surface area (Å²) < 4.78 is 9.67. The van der Waals surface area contributed by atoms with Crippen LogP contribution in [0.15, 0.2) is 54.9 Å². The highest BCUT2D eigenvalue weighted by Crippen LogP contribution is 2.60. The van der Waals surface area contributed by atoms with Gasteiger partial charge in [-0.1, -0.05) is 45.0 Å². The highest BCUT2D eigenvalue weighted by molar-refractivity contribution is 6.07. The van der Waals surface area contributed by atoms with Crippen LogP contribution in [0.5, 0.6) is 5.75 Å². The Kier molecular flexibility index (Phi) is 10.5. The number of fused-ring (bicyclic) bond motifs is 3. The molecule has 12 nitrogen and oxygen atoms in total. The molecule has 8 rings (SSSR count). The molecule has 5 aromatic rings. The second-order valence-corrected chi connectivity index (χ2v) is 17.2. The Morgan fingerprint density at radius 3 is 2.52 bits per heavy atom. The molecule has 0 bridgehead atoms. The molecule has 3 fully saturated rings. The number of benzene rings is 2. The number of hydrogen-bond acceptors (Lipinski definition) is 8. The summed E-state index contributed by atoms with van der Waals surface area (Å²) >= 11 is 0. The van der Waals surface area contributed by atoms with E-state index in [0.29, 0.717) is 51.6 Å². The maximum Gasteiger partial charge on any atom is 0.272 e. The van der Waals surface area contributed by atoms with E-state index in [0.717, 1.165) is 73.1 Å². The zero-order chi connectivity index (χ0) is 39.1. The number of aromatic nitrogens is 5. The van der Waals surface area contributed by atoms with Crippen molar-refractivity contribution in [2.75, 3.05) is 44.3 Å². The van der Waals surface area contributed by atoms with Gasteiger partial charge in [-0.3, -0.25) is 9.59 Å². The predicted octanol–water partition coefficient (Wildman–Crippen LogP) is 7.46. The van der Waals surface area contributed by atoms with E-state index in [1.165, 1.54) is 38.4 Å². The van der Waals surface area contributed by atoms with E-state index in [4.69, 9.17) is 15.6 Å². The lowest BCUT2D eigenvalue weighted by Gasteiger charge is -2.32. The quantitative estimate of drug-likeness (QED) is 0.119. The zero-order valence-electron chi connectivity index (χ0n) is 33.6. The summed E-state index contributed by atoms with van der Waals surface area (Å²) in [6, 6.07) is 15.5. The van der Waals surface area contributed by atoms with Crippen molar-refractivity contribution >= 4 is 45.3 Å². The second kappa shape index (κ2) is 15.5. The molecule has 2 saturated carbocycles. The minimum Gasteiger partial charge on any atom is -0.495 e. The summed E-state index contributed by atoms with van der Waals surface area (Å²) in [6.07, 6.45) is 10.9. The van der Waals surface area contributed by atoms with Crippen molar-refractivity contribution in [2.24, 2.45) is 36.1 Å². The molecule has 2 amide bonds. The van der Waals surface area contributed by atoms with Gasteiger partial charge in [0.15, 0.2) is 5.65 Å². The number of methoxy groups -OCH3 is 1. The van der Waals surface area contributed by atoms with Gasteiger partial charge in [0.1, 0.15) is 29.3 Å². The van der Waals surface area contributed by atoms with Crippen molar-refractivity contribution < 1.29 is 14.3 Å². The molecular weight excluding hydrogens is 703 g/mol. The van der Waals surface area contributed by atoms with E-state index in [1.54, 1.807) is 7.11 Å². The molecule has 4 heterocycles. The van der Waals surface area contributed by atoms with E-state index in [1.807, 2.05) is 64.8 Å². The number of amides is 2. The standard InChI is InChI=1S/C44H57N9O3/c1-27-20-32-21-28(2)25-44(32,24-27)15-12-29(3)42(54)46-16-19-52-17-13-33(14-18-52)53-41-38(40(45)47-26-48-41)39(50-53)31-10-11-34(37(23-31)56-5)49-43(55)36-22-30-8-6-7-9-35(30)51(36)4/h6-11,22-23,26-29,32-33H,12-21,24-25H2,1-5H3,(H,46,54)(H,49,55)(H2,45,47,48)/t27?,28?,29-,32?,44?/m1/s1. The van der Waals surface area contributed by atoms with E-state index in [2.05, 4.69) is 46.3 Å². The number of nitrogens with two attached hydrogens (primary N) is 1. The van der Waals surface area contributed by atoms with Crippen LogP contribution >= 0.6 is 0 Å². The smallest absolute Gasteiger partial charge is 0.272 e. The number of carbonyl (C=O) groups excluding carboxylic acids is 2. The van der Waals surface area contributed by atoms with Crippen LogP contribution in [0.2, 0.25) is 0 Å². The molecule has 1 saturated heterocycles. The first-order valence-corrected chi connectivity index (χ1v) is 20.6. The molecule has 3 aliphatic rings. The van der Waals surface area contributed by atoms with Crippen molar-refractivity contribution in [3.8, 4) is 17.0 Å². The number of nitrogen functional groups attached to an aromatic ring is 1. The third-order valence-electron chi connectivity index (χ3n) is 13.3. The van der Waals surface area contributed by atoms with Crippen LogP contribution in [0.4, 0.5) is 11.5 Å². The van der Waals surface area contributed by atoms with E-state index >= 15 is 0 Å². The maximum atomic E-state index is 13.4. The minimum absolute atomic E-state index is 0.0456. The predicted molar refractivity (Wildman–Crippen MR) is 221 cm³/mol. The molecule has 4 N–H and O–H groups in total. The van der Waals surface area contributed by atoms with Crippen molar-refractivity contribution in [3.05, 3.63) is 60.6 Å². The van der Waals surface area contributed by atoms with Crippen molar-refractivity contribution in [3.63, 3.8) is 0 Å². The monoisotopic (exact) mass is 759 g/mol. The first-order chi connectivity index (χ1) is 27.0. The zero-order valence-corrected chi connectivity index (χ0v) is 33.6. The lowest BCUT2D eigenvalue weighted by molar-refractivity contribution is -0.125. The fourth-order valence-corrected chi connectivity index (χ4v) is 10.6. The van der Waals surface area contributed by atoms with Gasteiger partial charge in [0, 0.05) is 55.6 Å². The number of anilines is 2. The van der Waals surface area contributed by atoms with Crippen LogP contribution in [-0.4, -0.2) is 74.3 Å². The molecule has 2 aliphatic carbocycles. The SMILES string of the molecule is COc1cc(-c2nn(C3CCN(CCNC(=O)[C@H](C)CCC45CC(C)CC4CC(C)C5)CC3)c3ncnc(N)c23)ccc1NC(=O)c1cc2ccccc2n1C. The van der Waals surface area contributed by atoms with Gasteiger partial charge in [-0.25, -0.2) is 14.6 Å². The number of hydrogen-bond donors (Lipinski definition) is 3. The summed E-state index contributed by atoms with van der Waals surface area (Å²) in [5.74, 6) is 3.38. The molecule has 3 aromatic heterocycles. The number of ether oxygens (including phenoxy) is 1. The Labute approximate surface area is 329 Å². The Morgan fingerprint density at radius 2 is 1.79 bits per heavy atom. The highest BCUT2D eigenvalue weighted by Gasteiger charge is 2.50. The highest BCUT2D eigenvalue weighted by atomic mass is 16.5. The van der Waals surface area contributed by atoms with Gasteiger partial charge >= 0.3 is 0 Å². The fraction of sp³-hybridized carbons (Fsp3) is 0.523. The molecular formula is C44H57N9O3. The molecule has 0 radical (unpaired) electrons. The van der Waals surface area contributed by atoms with E-state index in [-0.39, 0.29) is 23.8 Å². The maximum absolute atomic E-state index is 13.4. The molecule has 296 valence electrons. The van der Waals surface area contributed by atoms with Crippen molar-refractivity contribution in [1.82, 2.24) is 34.5 Å². The van der Waals surface area contributed by atoms with Crippen LogP contribution in [0, 0.1) is 29.1 Å².